The van der Waals surface area contributed by atoms with Gasteiger partial charge in [-0.3, -0.25) is 9.59 Å². The molecule has 0 aliphatic heterocycles. The Hall–Kier alpha value is -2.65. The number of H-pyrrole nitrogens is 1. The minimum absolute atomic E-state index is 0.171. The van der Waals surface area contributed by atoms with Crippen LogP contribution in [0.3, 0.4) is 0 Å². The molecule has 0 atom stereocenters. The molecule has 0 bridgehead atoms. The van der Waals surface area contributed by atoms with Crippen LogP contribution in [-0.2, 0) is 14.6 Å². The molecule has 0 aliphatic rings. The minimum atomic E-state index is -3.20. The molecule has 0 aliphatic carbocycles. The predicted molar refractivity (Wildman–Crippen MR) is 130 cm³/mol. The number of rotatable bonds is 12. The lowest BCUT2D eigenvalue weighted by atomic mass is 10.1. The minimum Gasteiger partial charge on any atom is -0.358 e. The summed E-state index contributed by atoms with van der Waals surface area (Å²) in [6.07, 6.45) is 8.83. The average Bonchev–Trinajstić information content (AvgIpc) is 3.00. The van der Waals surface area contributed by atoms with Crippen molar-refractivity contribution in [2.75, 3.05) is 38.2 Å². The lowest BCUT2D eigenvalue weighted by molar-refractivity contribution is -0.116. The number of hydrogen-bond donors (Lipinski definition) is 3. The van der Waals surface area contributed by atoms with Crippen LogP contribution in [0.5, 0.6) is 0 Å². The first-order valence-corrected chi connectivity index (χ1v) is 12.8. The zero-order valence-electron chi connectivity index (χ0n) is 19.9. The number of allylic oxidation sites excluding steroid dienone is 1. The van der Waals surface area contributed by atoms with Crippen molar-refractivity contribution in [3.05, 3.63) is 52.5 Å². The van der Waals surface area contributed by atoms with Gasteiger partial charge in [0.15, 0.2) is 9.84 Å². The first-order valence-electron chi connectivity index (χ1n) is 10.7. The lowest BCUT2D eigenvalue weighted by Crippen LogP contribution is -2.35. The topological polar surface area (TPSA) is 111 Å². The maximum absolute atomic E-state index is 12.8. The number of amides is 2. The number of aromatic amines is 1. The summed E-state index contributed by atoms with van der Waals surface area (Å²) in [5, 5.41) is 5.58. The lowest BCUT2D eigenvalue weighted by Gasteiger charge is -2.18. The highest BCUT2D eigenvalue weighted by Crippen LogP contribution is 2.21. The Morgan fingerprint density at radius 1 is 1.16 bits per heavy atom. The third-order valence-electron chi connectivity index (χ3n) is 4.95. The molecule has 0 aromatic carbocycles. The molecule has 1 rings (SSSR count). The molecule has 8 nitrogen and oxygen atoms in total. The van der Waals surface area contributed by atoms with Crippen LogP contribution in [0.2, 0.25) is 0 Å². The Morgan fingerprint density at radius 3 is 2.38 bits per heavy atom. The summed E-state index contributed by atoms with van der Waals surface area (Å²) < 4.78 is 22.8. The van der Waals surface area contributed by atoms with Crippen molar-refractivity contribution in [1.82, 2.24) is 20.5 Å². The molecular formula is C23H36N4O4S. The van der Waals surface area contributed by atoms with Gasteiger partial charge < -0.3 is 20.5 Å². The van der Waals surface area contributed by atoms with Crippen molar-refractivity contribution in [2.24, 2.45) is 0 Å². The fourth-order valence-corrected chi connectivity index (χ4v) is 3.60. The Labute approximate surface area is 191 Å². The molecule has 9 heteroatoms. The molecule has 0 saturated carbocycles. The van der Waals surface area contributed by atoms with Crippen molar-refractivity contribution in [3.8, 4) is 0 Å². The van der Waals surface area contributed by atoms with E-state index in [0.717, 1.165) is 31.5 Å². The number of sulfone groups is 1. The smallest absolute Gasteiger partial charge is 0.255 e. The van der Waals surface area contributed by atoms with E-state index >= 15 is 0 Å². The van der Waals surface area contributed by atoms with Crippen LogP contribution in [0.15, 0.2) is 30.0 Å². The summed E-state index contributed by atoms with van der Waals surface area (Å²) in [7, 11) is -3.20. The zero-order chi connectivity index (χ0) is 24.3. The molecule has 0 radical (unpaired) electrons. The monoisotopic (exact) mass is 464 g/mol. The fraction of sp³-hybridized carbons (Fsp3) is 0.478. The molecule has 32 heavy (non-hydrogen) atoms. The van der Waals surface area contributed by atoms with E-state index in [9.17, 15) is 18.0 Å². The van der Waals surface area contributed by atoms with E-state index in [0.29, 0.717) is 23.5 Å². The fourth-order valence-electron chi connectivity index (χ4n) is 3.15. The van der Waals surface area contributed by atoms with Gasteiger partial charge in [-0.2, -0.15) is 0 Å². The number of aromatic nitrogens is 1. The Kier molecular flexibility index (Phi) is 11.1. The summed E-state index contributed by atoms with van der Waals surface area (Å²) in [6.45, 7) is 12.7. The number of nitrogens with one attached hydrogen (secondary N) is 3. The van der Waals surface area contributed by atoms with E-state index in [1.165, 1.54) is 18.4 Å². The number of aryl methyl sites for hydroxylation is 1. The van der Waals surface area contributed by atoms with Gasteiger partial charge in [0.1, 0.15) is 0 Å². The normalized spacial score (nSPS) is 12.8. The predicted octanol–water partition coefficient (Wildman–Crippen LogP) is 2.34. The van der Waals surface area contributed by atoms with Gasteiger partial charge in [0.25, 0.3) is 11.8 Å². The largest absolute Gasteiger partial charge is 0.358 e. The third kappa shape index (κ3) is 8.84. The van der Waals surface area contributed by atoms with Gasteiger partial charge in [-0.1, -0.05) is 32.1 Å². The third-order valence-corrected chi connectivity index (χ3v) is 5.75. The molecular weight excluding hydrogens is 428 g/mol. The molecule has 1 aromatic rings. The van der Waals surface area contributed by atoms with E-state index in [1.54, 1.807) is 19.1 Å². The molecule has 3 N–H and O–H groups in total. The number of hydrogen-bond acceptors (Lipinski definition) is 5. The number of carbonyl (C=O) groups excluding carboxylic acids is 2. The van der Waals surface area contributed by atoms with E-state index < -0.39 is 9.84 Å². The number of likely N-dealkylation sites (N-methyl/N-ethyl adjacent to an activating group) is 1. The molecule has 0 saturated heterocycles. The van der Waals surface area contributed by atoms with Crippen LogP contribution in [-0.4, -0.2) is 68.3 Å². The van der Waals surface area contributed by atoms with Crippen LogP contribution in [0.4, 0.5) is 0 Å². The van der Waals surface area contributed by atoms with E-state index in [1.807, 2.05) is 13.8 Å². The molecule has 0 spiro atoms. The SMILES string of the molecule is C/C=C/NC(=O)C(=C\c1[nH]c(C)c(C(=O)NCCN(CC)CC)c1C)/C=C/CS(C)(=O)=O. The average molecular weight is 465 g/mol. The maximum atomic E-state index is 12.8. The Morgan fingerprint density at radius 2 is 1.81 bits per heavy atom. The summed E-state index contributed by atoms with van der Waals surface area (Å²) in [5.74, 6) is -0.732. The van der Waals surface area contributed by atoms with Crippen molar-refractivity contribution in [3.63, 3.8) is 0 Å². The highest BCUT2D eigenvalue weighted by Gasteiger charge is 2.18. The van der Waals surface area contributed by atoms with Crippen LogP contribution < -0.4 is 10.6 Å². The van der Waals surface area contributed by atoms with Gasteiger partial charge in [0.2, 0.25) is 0 Å². The van der Waals surface area contributed by atoms with Gasteiger partial charge in [-0.15, -0.1) is 0 Å². The quantitative estimate of drug-likeness (QED) is 0.325. The van der Waals surface area contributed by atoms with Crippen LogP contribution in [0, 0.1) is 13.8 Å². The first-order chi connectivity index (χ1) is 15.0. The second kappa shape index (κ2) is 13.0. The Bertz CT molecular complexity index is 984. The van der Waals surface area contributed by atoms with Gasteiger partial charge in [-0.05, 0) is 51.7 Å². The highest BCUT2D eigenvalue weighted by molar-refractivity contribution is 7.90. The second-order valence-corrected chi connectivity index (χ2v) is 9.70. The van der Waals surface area contributed by atoms with Crippen molar-refractivity contribution < 1.29 is 18.0 Å². The summed E-state index contributed by atoms with van der Waals surface area (Å²) in [5.41, 5.74) is 2.85. The molecule has 1 heterocycles. The maximum Gasteiger partial charge on any atom is 0.255 e. The van der Waals surface area contributed by atoms with Gasteiger partial charge >= 0.3 is 0 Å². The van der Waals surface area contributed by atoms with Gasteiger partial charge in [-0.25, -0.2) is 8.42 Å². The van der Waals surface area contributed by atoms with Crippen molar-refractivity contribution in [1.29, 1.82) is 0 Å². The van der Waals surface area contributed by atoms with Crippen LogP contribution in [0.25, 0.3) is 6.08 Å². The Balaban J connectivity index is 3.16. The summed E-state index contributed by atoms with van der Waals surface area (Å²) in [4.78, 5) is 30.7. The van der Waals surface area contributed by atoms with E-state index in [4.69, 9.17) is 0 Å². The molecule has 0 fully saturated rings. The number of nitrogens with zero attached hydrogens (tertiary/aromatic N) is 1. The molecule has 2 amide bonds. The summed E-state index contributed by atoms with van der Waals surface area (Å²) in [6, 6.07) is 0. The van der Waals surface area contributed by atoms with E-state index in [-0.39, 0.29) is 23.1 Å². The second-order valence-electron chi connectivity index (χ2n) is 7.51. The molecule has 178 valence electrons. The first kappa shape index (κ1) is 27.4. The highest BCUT2D eigenvalue weighted by atomic mass is 32.2. The van der Waals surface area contributed by atoms with Crippen LogP contribution in [0.1, 0.15) is 48.1 Å². The van der Waals surface area contributed by atoms with Crippen molar-refractivity contribution >= 4 is 27.7 Å². The van der Waals surface area contributed by atoms with E-state index in [2.05, 4.69) is 34.4 Å². The van der Waals surface area contributed by atoms with Crippen molar-refractivity contribution in [2.45, 2.75) is 34.6 Å². The van der Waals surface area contributed by atoms with Gasteiger partial charge in [0.05, 0.1) is 11.3 Å². The van der Waals surface area contributed by atoms with Crippen LogP contribution >= 0.6 is 0 Å². The van der Waals surface area contributed by atoms with Gasteiger partial charge in [0, 0.05) is 36.3 Å². The summed E-state index contributed by atoms with van der Waals surface area (Å²) >= 11 is 0. The molecule has 1 aromatic heterocycles. The zero-order valence-corrected chi connectivity index (χ0v) is 20.7. The number of carbonyl (C=O) groups is 2. The standard InChI is InChI=1S/C23H36N4O4S/c1-7-12-24-22(28)19(11-10-15-32(6,30)31)16-20-17(4)21(18(5)26-20)23(29)25-13-14-27(8-2)9-3/h7,10-12,16,26H,8-9,13-15H2,1-6H3,(H,24,28)(H,25,29)/b11-10+,12-7+,19-16-. The molecule has 0 unspecified atom stereocenters.